The number of rotatable bonds is 5. The number of piperidine rings is 1. The SMILES string of the molecule is COc1csc(C(=O)N2CCCC(CNC(=O)C3CCCN3)C2)c1. The molecule has 2 aliphatic heterocycles. The van der Waals surface area contributed by atoms with Gasteiger partial charge in [0.2, 0.25) is 5.91 Å². The van der Waals surface area contributed by atoms with Gasteiger partial charge in [-0.3, -0.25) is 9.59 Å². The second-order valence-electron chi connectivity index (χ2n) is 6.50. The molecule has 0 radical (unpaired) electrons. The minimum atomic E-state index is -0.0371. The lowest BCUT2D eigenvalue weighted by atomic mass is 9.97. The molecule has 0 aliphatic carbocycles. The van der Waals surface area contributed by atoms with Gasteiger partial charge >= 0.3 is 0 Å². The van der Waals surface area contributed by atoms with Gasteiger partial charge < -0.3 is 20.3 Å². The van der Waals surface area contributed by atoms with E-state index in [-0.39, 0.29) is 17.9 Å². The number of carbonyl (C=O) groups excluding carboxylic acids is 2. The molecule has 0 saturated carbocycles. The number of amides is 2. The maximum Gasteiger partial charge on any atom is 0.264 e. The Morgan fingerprint density at radius 3 is 3.00 bits per heavy atom. The van der Waals surface area contributed by atoms with Crippen molar-refractivity contribution in [2.24, 2.45) is 5.92 Å². The van der Waals surface area contributed by atoms with Crippen LogP contribution in [-0.4, -0.2) is 56.0 Å². The first-order valence-electron chi connectivity index (χ1n) is 8.60. The number of hydrogen-bond acceptors (Lipinski definition) is 5. The van der Waals surface area contributed by atoms with Crippen LogP contribution in [0.15, 0.2) is 11.4 Å². The topological polar surface area (TPSA) is 70.7 Å². The number of ether oxygens (including phenoxy) is 1. The van der Waals surface area contributed by atoms with Gasteiger partial charge in [0.15, 0.2) is 0 Å². The Labute approximate surface area is 146 Å². The van der Waals surface area contributed by atoms with E-state index in [2.05, 4.69) is 10.6 Å². The summed E-state index contributed by atoms with van der Waals surface area (Å²) in [7, 11) is 1.61. The molecule has 2 saturated heterocycles. The summed E-state index contributed by atoms with van der Waals surface area (Å²) in [4.78, 5) is 27.3. The van der Waals surface area contributed by atoms with Crippen LogP contribution in [0.1, 0.15) is 35.4 Å². The van der Waals surface area contributed by atoms with Crippen molar-refractivity contribution in [2.45, 2.75) is 31.7 Å². The van der Waals surface area contributed by atoms with Gasteiger partial charge in [-0.2, -0.15) is 0 Å². The minimum absolute atomic E-state index is 0.0371. The highest BCUT2D eigenvalue weighted by atomic mass is 32.1. The lowest BCUT2D eigenvalue weighted by Gasteiger charge is -2.32. The molecule has 132 valence electrons. The van der Waals surface area contributed by atoms with Crippen LogP contribution in [0.5, 0.6) is 5.75 Å². The number of nitrogens with one attached hydrogen (secondary N) is 2. The molecule has 24 heavy (non-hydrogen) atoms. The molecule has 2 fully saturated rings. The van der Waals surface area contributed by atoms with Crippen LogP contribution in [-0.2, 0) is 4.79 Å². The highest BCUT2D eigenvalue weighted by molar-refractivity contribution is 7.12. The van der Waals surface area contributed by atoms with Crippen LogP contribution >= 0.6 is 11.3 Å². The van der Waals surface area contributed by atoms with Gasteiger partial charge in [-0.15, -0.1) is 11.3 Å². The van der Waals surface area contributed by atoms with E-state index in [1.165, 1.54) is 11.3 Å². The first-order chi connectivity index (χ1) is 11.7. The molecule has 3 rings (SSSR count). The fourth-order valence-corrected chi connectivity index (χ4v) is 4.21. The van der Waals surface area contributed by atoms with E-state index in [9.17, 15) is 9.59 Å². The number of thiophene rings is 1. The van der Waals surface area contributed by atoms with Gasteiger partial charge in [-0.1, -0.05) is 0 Å². The van der Waals surface area contributed by atoms with Crippen molar-refractivity contribution in [3.8, 4) is 5.75 Å². The van der Waals surface area contributed by atoms with Crippen LogP contribution in [0.2, 0.25) is 0 Å². The van der Waals surface area contributed by atoms with Gasteiger partial charge in [0.25, 0.3) is 5.91 Å². The zero-order chi connectivity index (χ0) is 16.9. The summed E-state index contributed by atoms with van der Waals surface area (Å²) < 4.78 is 5.15. The lowest BCUT2D eigenvalue weighted by molar-refractivity contribution is -0.123. The first kappa shape index (κ1) is 17.2. The second kappa shape index (κ2) is 7.98. The predicted octanol–water partition coefficient (Wildman–Crippen LogP) is 1.48. The van der Waals surface area contributed by atoms with Crippen molar-refractivity contribution in [3.63, 3.8) is 0 Å². The molecule has 0 aromatic carbocycles. The molecule has 2 aliphatic rings. The Morgan fingerprint density at radius 1 is 1.42 bits per heavy atom. The quantitative estimate of drug-likeness (QED) is 0.843. The highest BCUT2D eigenvalue weighted by Gasteiger charge is 2.27. The Morgan fingerprint density at radius 2 is 2.29 bits per heavy atom. The third kappa shape index (κ3) is 4.08. The Balaban J connectivity index is 1.50. The summed E-state index contributed by atoms with van der Waals surface area (Å²) in [5.74, 6) is 1.22. The summed E-state index contributed by atoms with van der Waals surface area (Å²) in [5, 5.41) is 8.11. The average Bonchev–Trinajstić information content (AvgIpc) is 3.30. The summed E-state index contributed by atoms with van der Waals surface area (Å²) in [6.45, 7) is 3.06. The van der Waals surface area contributed by atoms with Gasteiger partial charge in [0.05, 0.1) is 18.0 Å². The molecule has 7 heteroatoms. The molecule has 0 spiro atoms. The standard InChI is InChI=1S/C17H25N3O3S/c1-23-13-8-15(24-11-13)17(22)20-7-3-4-12(10-20)9-19-16(21)14-5-2-6-18-14/h8,11-12,14,18H,2-7,9-10H2,1H3,(H,19,21). The summed E-state index contributed by atoms with van der Waals surface area (Å²) in [5.41, 5.74) is 0. The van der Waals surface area contributed by atoms with E-state index in [0.717, 1.165) is 44.5 Å². The first-order valence-corrected chi connectivity index (χ1v) is 9.48. The lowest BCUT2D eigenvalue weighted by Crippen LogP contribution is -2.46. The minimum Gasteiger partial charge on any atom is -0.496 e. The van der Waals surface area contributed by atoms with Crippen molar-refractivity contribution >= 4 is 23.2 Å². The number of carbonyl (C=O) groups is 2. The van der Waals surface area contributed by atoms with E-state index < -0.39 is 0 Å². The smallest absolute Gasteiger partial charge is 0.264 e. The van der Waals surface area contributed by atoms with Crippen molar-refractivity contribution < 1.29 is 14.3 Å². The number of hydrogen-bond donors (Lipinski definition) is 2. The van der Waals surface area contributed by atoms with Gasteiger partial charge in [-0.25, -0.2) is 0 Å². The third-order valence-corrected chi connectivity index (χ3v) is 5.67. The second-order valence-corrected chi connectivity index (χ2v) is 7.42. The molecule has 0 bridgehead atoms. The molecule has 1 aromatic heterocycles. The fraction of sp³-hybridized carbons (Fsp3) is 0.647. The van der Waals surface area contributed by atoms with Gasteiger partial charge in [-0.05, 0) is 38.1 Å². The molecular formula is C17H25N3O3S. The predicted molar refractivity (Wildman–Crippen MR) is 93.5 cm³/mol. The van der Waals surface area contributed by atoms with Crippen LogP contribution < -0.4 is 15.4 Å². The molecule has 2 unspecified atom stereocenters. The Bertz CT molecular complexity index is 583. The summed E-state index contributed by atoms with van der Waals surface area (Å²) >= 11 is 1.42. The van der Waals surface area contributed by atoms with E-state index in [1.54, 1.807) is 13.2 Å². The number of nitrogens with zero attached hydrogens (tertiary/aromatic N) is 1. The Hall–Kier alpha value is -1.60. The molecule has 6 nitrogen and oxygen atoms in total. The van der Waals surface area contributed by atoms with Crippen LogP contribution in [0.3, 0.4) is 0 Å². The summed E-state index contributed by atoms with van der Waals surface area (Å²) in [6.07, 6.45) is 4.02. The average molecular weight is 351 g/mol. The molecule has 1 aromatic rings. The fourth-order valence-electron chi connectivity index (χ4n) is 3.39. The molecule has 3 heterocycles. The Kier molecular flexibility index (Phi) is 5.73. The van der Waals surface area contributed by atoms with Crippen molar-refractivity contribution in [1.29, 1.82) is 0 Å². The highest BCUT2D eigenvalue weighted by Crippen LogP contribution is 2.25. The summed E-state index contributed by atoms with van der Waals surface area (Å²) in [6, 6.07) is 1.76. The van der Waals surface area contributed by atoms with Crippen LogP contribution in [0, 0.1) is 5.92 Å². The van der Waals surface area contributed by atoms with E-state index >= 15 is 0 Å². The molecule has 2 atom stereocenters. The third-order valence-electron chi connectivity index (χ3n) is 4.77. The molecule has 2 N–H and O–H groups in total. The van der Waals surface area contributed by atoms with Crippen molar-refractivity contribution in [1.82, 2.24) is 15.5 Å². The van der Waals surface area contributed by atoms with E-state index in [4.69, 9.17) is 4.74 Å². The number of likely N-dealkylation sites (tertiary alicyclic amines) is 1. The van der Waals surface area contributed by atoms with E-state index in [0.29, 0.717) is 23.9 Å². The molecule has 2 amide bonds. The van der Waals surface area contributed by atoms with Gasteiger partial charge in [0.1, 0.15) is 5.75 Å². The zero-order valence-electron chi connectivity index (χ0n) is 14.0. The monoisotopic (exact) mass is 351 g/mol. The van der Waals surface area contributed by atoms with Crippen LogP contribution in [0.25, 0.3) is 0 Å². The van der Waals surface area contributed by atoms with E-state index in [1.807, 2.05) is 10.3 Å². The molecular weight excluding hydrogens is 326 g/mol. The number of methoxy groups -OCH3 is 1. The van der Waals surface area contributed by atoms with Crippen LogP contribution in [0.4, 0.5) is 0 Å². The maximum absolute atomic E-state index is 12.6. The normalized spacial score (nSPS) is 24.0. The largest absolute Gasteiger partial charge is 0.496 e. The van der Waals surface area contributed by atoms with Crippen molar-refractivity contribution in [2.75, 3.05) is 33.3 Å². The maximum atomic E-state index is 12.6. The van der Waals surface area contributed by atoms with Gasteiger partial charge in [0, 0.05) is 31.1 Å². The zero-order valence-corrected chi connectivity index (χ0v) is 14.9. The van der Waals surface area contributed by atoms with Crippen molar-refractivity contribution in [3.05, 3.63) is 16.3 Å².